The van der Waals surface area contributed by atoms with Crippen molar-refractivity contribution in [3.05, 3.63) is 84.4 Å². The zero-order valence-corrected chi connectivity index (χ0v) is 14.5. The van der Waals surface area contributed by atoms with E-state index in [2.05, 4.69) is 10.3 Å². The third kappa shape index (κ3) is 4.26. The topological polar surface area (TPSA) is 50.2 Å². The summed E-state index contributed by atoms with van der Waals surface area (Å²) in [5, 5.41) is 3.04. The summed E-state index contributed by atoms with van der Waals surface area (Å²) in [6, 6.07) is 17.9. The molecule has 0 aliphatic rings. The molecule has 1 aromatic heterocycles. The normalized spacial score (nSPS) is 11.8. The first-order chi connectivity index (χ1) is 12.1. The maximum Gasteiger partial charge on any atom is 0.317 e. The minimum Gasteiger partial charge on any atom is -0.331 e. The molecule has 0 saturated heterocycles. The quantitative estimate of drug-likeness (QED) is 0.772. The van der Waals surface area contributed by atoms with Crippen molar-refractivity contribution in [3.63, 3.8) is 0 Å². The van der Waals surface area contributed by atoms with Gasteiger partial charge < -0.3 is 14.8 Å². The van der Waals surface area contributed by atoms with Gasteiger partial charge in [-0.2, -0.15) is 0 Å². The van der Waals surface area contributed by atoms with Gasteiger partial charge in [0.05, 0.1) is 12.4 Å². The molecule has 2 aromatic carbocycles. The van der Waals surface area contributed by atoms with Gasteiger partial charge in [0.1, 0.15) is 0 Å². The van der Waals surface area contributed by atoms with Crippen molar-refractivity contribution in [3.8, 4) is 5.69 Å². The van der Waals surface area contributed by atoms with Crippen LogP contribution in [0.5, 0.6) is 0 Å². The Morgan fingerprint density at radius 1 is 1.16 bits per heavy atom. The van der Waals surface area contributed by atoms with Gasteiger partial charge in [0.15, 0.2) is 0 Å². The van der Waals surface area contributed by atoms with Crippen LogP contribution in [0.1, 0.15) is 24.1 Å². The molecule has 0 fully saturated rings. The van der Waals surface area contributed by atoms with Crippen molar-refractivity contribution in [2.24, 2.45) is 0 Å². The van der Waals surface area contributed by atoms with Crippen molar-refractivity contribution in [2.45, 2.75) is 19.5 Å². The summed E-state index contributed by atoms with van der Waals surface area (Å²) in [5.74, 6) is 0. The molecule has 1 N–H and O–H groups in total. The number of nitrogens with one attached hydrogen (secondary N) is 1. The highest BCUT2D eigenvalue weighted by molar-refractivity contribution is 5.74. The van der Waals surface area contributed by atoms with Crippen molar-refractivity contribution >= 4 is 6.03 Å². The molecule has 0 aliphatic heterocycles. The van der Waals surface area contributed by atoms with Gasteiger partial charge in [0, 0.05) is 31.7 Å². The van der Waals surface area contributed by atoms with Crippen LogP contribution in [0, 0.1) is 0 Å². The number of hydrogen-bond acceptors (Lipinski definition) is 2. The van der Waals surface area contributed by atoms with Gasteiger partial charge in [0.25, 0.3) is 0 Å². The Balaban J connectivity index is 1.59. The van der Waals surface area contributed by atoms with Crippen molar-refractivity contribution in [2.75, 3.05) is 7.05 Å². The lowest BCUT2D eigenvalue weighted by Crippen LogP contribution is -2.38. The second-order valence-corrected chi connectivity index (χ2v) is 6.07. The molecule has 0 unspecified atom stereocenters. The molecule has 0 saturated carbocycles. The van der Waals surface area contributed by atoms with Crippen LogP contribution >= 0.6 is 0 Å². The molecule has 1 atom stereocenters. The van der Waals surface area contributed by atoms with E-state index in [1.807, 2.05) is 72.3 Å². The smallest absolute Gasteiger partial charge is 0.317 e. The van der Waals surface area contributed by atoms with E-state index < -0.39 is 0 Å². The van der Waals surface area contributed by atoms with E-state index in [0.717, 1.165) is 16.8 Å². The van der Waals surface area contributed by atoms with E-state index >= 15 is 0 Å². The van der Waals surface area contributed by atoms with Crippen molar-refractivity contribution in [1.82, 2.24) is 19.8 Å². The van der Waals surface area contributed by atoms with Gasteiger partial charge in [-0.15, -0.1) is 0 Å². The lowest BCUT2D eigenvalue weighted by Gasteiger charge is -2.22. The number of hydrogen-bond donors (Lipinski definition) is 1. The molecule has 2 amide bonds. The largest absolute Gasteiger partial charge is 0.331 e. The molecule has 25 heavy (non-hydrogen) atoms. The lowest BCUT2D eigenvalue weighted by atomic mass is 10.1. The summed E-state index contributed by atoms with van der Waals surface area (Å²) < 4.78 is 1.95. The first-order valence-corrected chi connectivity index (χ1v) is 8.27. The number of nitrogens with zero attached hydrogens (tertiary/aromatic N) is 3. The van der Waals surface area contributed by atoms with Gasteiger partial charge in [-0.25, -0.2) is 9.78 Å². The second-order valence-electron chi connectivity index (χ2n) is 6.07. The summed E-state index contributed by atoms with van der Waals surface area (Å²) >= 11 is 0. The number of urea groups is 1. The standard InChI is InChI=1S/C20H22N4O/c1-16(18-8-10-19(11-9-18)24-13-12-21-15-24)22-20(25)23(2)14-17-6-4-3-5-7-17/h3-13,15-16H,14H2,1-2H3,(H,22,25)/t16-/m0/s1. The van der Waals surface area contributed by atoms with Crippen LogP contribution in [0.4, 0.5) is 4.79 Å². The third-order valence-corrected chi connectivity index (χ3v) is 4.14. The SMILES string of the molecule is C[C@H](NC(=O)N(C)Cc1ccccc1)c1ccc(-n2ccnc2)cc1. The molecular formula is C20H22N4O. The minimum atomic E-state index is -0.0879. The molecule has 0 aliphatic carbocycles. The molecule has 0 radical (unpaired) electrons. The van der Waals surface area contributed by atoms with Gasteiger partial charge >= 0.3 is 6.03 Å². The van der Waals surface area contributed by atoms with Crippen molar-refractivity contribution < 1.29 is 4.79 Å². The molecule has 3 rings (SSSR count). The number of carbonyl (C=O) groups is 1. The molecule has 0 spiro atoms. The molecule has 5 heteroatoms. The second kappa shape index (κ2) is 7.66. The number of carbonyl (C=O) groups excluding carboxylic acids is 1. The molecular weight excluding hydrogens is 312 g/mol. The first kappa shape index (κ1) is 16.8. The average Bonchev–Trinajstić information content (AvgIpc) is 3.17. The first-order valence-electron chi connectivity index (χ1n) is 8.27. The van der Waals surface area contributed by atoms with E-state index in [4.69, 9.17) is 0 Å². The Hall–Kier alpha value is -3.08. The fourth-order valence-corrected chi connectivity index (χ4v) is 2.65. The molecule has 0 bridgehead atoms. The number of aromatic nitrogens is 2. The summed E-state index contributed by atoms with van der Waals surface area (Å²) in [6.45, 7) is 2.57. The number of imidazole rings is 1. The highest BCUT2D eigenvalue weighted by Gasteiger charge is 2.13. The van der Waals surface area contributed by atoms with Crippen LogP contribution in [0.3, 0.4) is 0 Å². The van der Waals surface area contributed by atoms with Crippen LogP contribution in [-0.4, -0.2) is 27.5 Å². The summed E-state index contributed by atoms with van der Waals surface area (Å²) in [6.07, 6.45) is 5.41. The van der Waals surface area contributed by atoms with Crippen LogP contribution < -0.4 is 5.32 Å². The van der Waals surface area contributed by atoms with Crippen molar-refractivity contribution in [1.29, 1.82) is 0 Å². The lowest BCUT2D eigenvalue weighted by molar-refractivity contribution is 0.203. The Labute approximate surface area is 147 Å². The highest BCUT2D eigenvalue weighted by Crippen LogP contribution is 2.16. The van der Waals surface area contributed by atoms with Gasteiger partial charge in [-0.3, -0.25) is 0 Å². The Morgan fingerprint density at radius 2 is 1.88 bits per heavy atom. The average molecular weight is 334 g/mol. The fourth-order valence-electron chi connectivity index (χ4n) is 2.65. The maximum absolute atomic E-state index is 12.4. The van der Waals surface area contributed by atoms with Crippen LogP contribution in [0.15, 0.2) is 73.3 Å². The molecule has 3 aromatic rings. The molecule has 5 nitrogen and oxygen atoms in total. The van der Waals surface area contributed by atoms with Gasteiger partial charge in [-0.1, -0.05) is 42.5 Å². The summed E-state index contributed by atoms with van der Waals surface area (Å²) in [7, 11) is 1.80. The zero-order chi connectivity index (χ0) is 17.6. The maximum atomic E-state index is 12.4. The van der Waals surface area contributed by atoms with E-state index in [1.165, 1.54) is 0 Å². The summed E-state index contributed by atoms with van der Waals surface area (Å²) in [4.78, 5) is 18.1. The Bertz CT molecular complexity index is 797. The Morgan fingerprint density at radius 3 is 2.52 bits per heavy atom. The summed E-state index contributed by atoms with van der Waals surface area (Å²) in [5.41, 5.74) is 3.21. The van der Waals surface area contributed by atoms with E-state index in [0.29, 0.717) is 6.54 Å². The third-order valence-electron chi connectivity index (χ3n) is 4.14. The van der Waals surface area contributed by atoms with Gasteiger partial charge in [0.2, 0.25) is 0 Å². The van der Waals surface area contributed by atoms with Crippen LogP contribution in [0.2, 0.25) is 0 Å². The van der Waals surface area contributed by atoms with E-state index in [9.17, 15) is 4.79 Å². The fraction of sp³-hybridized carbons (Fsp3) is 0.200. The van der Waals surface area contributed by atoms with E-state index in [-0.39, 0.29) is 12.1 Å². The van der Waals surface area contributed by atoms with Gasteiger partial charge in [-0.05, 0) is 30.2 Å². The number of rotatable bonds is 5. The van der Waals surface area contributed by atoms with Crippen LogP contribution in [0.25, 0.3) is 5.69 Å². The predicted octanol–water partition coefficient (Wildman–Crippen LogP) is 3.77. The van der Waals surface area contributed by atoms with E-state index in [1.54, 1.807) is 24.5 Å². The van der Waals surface area contributed by atoms with Crippen LogP contribution in [-0.2, 0) is 6.54 Å². The highest BCUT2D eigenvalue weighted by atomic mass is 16.2. The zero-order valence-electron chi connectivity index (χ0n) is 14.5. The Kier molecular flexibility index (Phi) is 5.14. The molecule has 128 valence electrons. The monoisotopic (exact) mass is 334 g/mol. The minimum absolute atomic E-state index is 0.0671. The number of amides is 2. The number of benzene rings is 2. The molecule has 1 heterocycles. The predicted molar refractivity (Wildman–Crippen MR) is 98.4 cm³/mol.